The Kier molecular flexibility index (Phi) is 6.78. The van der Waals surface area contributed by atoms with Crippen LogP contribution in [0.15, 0.2) is 47.3 Å². The molecule has 1 saturated carbocycles. The molecule has 1 aromatic heterocycles. The van der Waals surface area contributed by atoms with E-state index in [1.54, 1.807) is 19.1 Å². The minimum Gasteiger partial charge on any atom is -0.345 e. The van der Waals surface area contributed by atoms with E-state index >= 15 is 0 Å². The van der Waals surface area contributed by atoms with Crippen LogP contribution in [0.1, 0.15) is 66.3 Å². The number of benzene rings is 2. The molecule has 1 aliphatic rings. The average molecular weight is 424 g/mol. The molecule has 164 valence electrons. The van der Waals surface area contributed by atoms with Crippen molar-refractivity contribution in [3.63, 3.8) is 0 Å². The summed E-state index contributed by atoms with van der Waals surface area (Å²) < 4.78 is 14.9. The molecule has 1 fully saturated rings. The molecule has 4 rings (SSSR count). The van der Waals surface area contributed by atoms with Crippen molar-refractivity contribution in [3.8, 4) is 0 Å². The zero-order valence-electron chi connectivity index (χ0n) is 18.5. The van der Waals surface area contributed by atoms with Gasteiger partial charge in [-0.25, -0.2) is 9.07 Å². The lowest BCUT2D eigenvalue weighted by molar-refractivity contribution is 0.0901. The number of rotatable bonds is 4. The van der Waals surface area contributed by atoms with Crippen LogP contribution < -0.4 is 16.7 Å². The molecule has 1 atom stereocenters. The number of nitrogens with one attached hydrogen (secondary N) is 1. The minimum absolute atomic E-state index is 0.262. The van der Waals surface area contributed by atoms with Crippen molar-refractivity contribution in [2.24, 2.45) is 5.92 Å². The maximum absolute atomic E-state index is 13.8. The molecule has 31 heavy (non-hydrogen) atoms. The largest absolute Gasteiger partial charge is 0.345 e. The third-order valence-electron chi connectivity index (χ3n) is 6.04. The quantitative estimate of drug-likeness (QED) is 0.594. The first-order valence-corrected chi connectivity index (χ1v) is 10.8. The van der Waals surface area contributed by atoms with Gasteiger partial charge >= 0.3 is 0 Å². The monoisotopic (exact) mass is 423 g/mol. The standard InChI is InChI=1S/C23H24FN3O2.C2H6/c1-13-6-3-11-18-19(13)23(29)27(25)14(2)20(18)22(28)26-21(15-7-4-8-15)16-9-5-10-17(24)12-16;1-2/h3,5-6,9-12,15,21H,4,7-8,25H2,1-2H3,(H,26,28);1-2H3/t21-;/m0./s1. The summed E-state index contributed by atoms with van der Waals surface area (Å²) in [6, 6.07) is 11.5. The van der Waals surface area contributed by atoms with E-state index in [4.69, 9.17) is 5.84 Å². The summed E-state index contributed by atoms with van der Waals surface area (Å²) in [5.74, 6) is 5.62. The maximum Gasteiger partial charge on any atom is 0.277 e. The summed E-state index contributed by atoms with van der Waals surface area (Å²) in [6.45, 7) is 7.49. The summed E-state index contributed by atoms with van der Waals surface area (Å²) in [4.78, 5) is 26.0. The van der Waals surface area contributed by atoms with Gasteiger partial charge in [-0.2, -0.15) is 0 Å². The first-order chi connectivity index (χ1) is 14.9. The van der Waals surface area contributed by atoms with Crippen molar-refractivity contribution in [2.75, 3.05) is 5.84 Å². The van der Waals surface area contributed by atoms with Gasteiger partial charge < -0.3 is 11.2 Å². The minimum atomic E-state index is -0.326. The third-order valence-corrected chi connectivity index (χ3v) is 6.04. The van der Waals surface area contributed by atoms with Gasteiger partial charge in [-0.15, -0.1) is 0 Å². The highest BCUT2D eigenvalue weighted by molar-refractivity contribution is 6.08. The van der Waals surface area contributed by atoms with E-state index in [0.717, 1.165) is 35.1 Å². The topological polar surface area (TPSA) is 77.1 Å². The second kappa shape index (κ2) is 9.33. The Hall–Kier alpha value is -3.15. The predicted octanol–water partition coefficient (Wildman–Crippen LogP) is 4.77. The molecule has 0 saturated heterocycles. The van der Waals surface area contributed by atoms with E-state index < -0.39 is 0 Å². The van der Waals surface area contributed by atoms with E-state index in [0.29, 0.717) is 22.0 Å². The van der Waals surface area contributed by atoms with Gasteiger partial charge in [0.05, 0.1) is 22.7 Å². The number of aromatic nitrogens is 1. The molecule has 0 spiro atoms. The summed E-state index contributed by atoms with van der Waals surface area (Å²) in [5.41, 5.74) is 1.97. The number of nitrogens with two attached hydrogens (primary N) is 1. The smallest absolute Gasteiger partial charge is 0.277 e. The summed E-state index contributed by atoms with van der Waals surface area (Å²) in [5, 5.41) is 4.12. The van der Waals surface area contributed by atoms with Crippen LogP contribution in [0, 0.1) is 25.6 Å². The van der Waals surface area contributed by atoms with Crippen LogP contribution in [-0.4, -0.2) is 10.6 Å². The van der Waals surface area contributed by atoms with E-state index in [-0.39, 0.29) is 29.2 Å². The maximum atomic E-state index is 13.8. The molecule has 3 N–H and O–H groups in total. The number of hydrogen-bond donors (Lipinski definition) is 2. The van der Waals surface area contributed by atoms with Gasteiger partial charge in [0.2, 0.25) is 0 Å². The fourth-order valence-electron chi connectivity index (χ4n) is 4.19. The van der Waals surface area contributed by atoms with Gasteiger partial charge in [-0.05, 0) is 55.9 Å². The van der Waals surface area contributed by atoms with Crippen molar-refractivity contribution in [2.45, 2.75) is 53.0 Å². The molecule has 0 bridgehead atoms. The van der Waals surface area contributed by atoms with Gasteiger partial charge in [0.25, 0.3) is 11.5 Å². The first kappa shape index (κ1) is 22.5. The molecule has 0 aliphatic heterocycles. The van der Waals surface area contributed by atoms with Crippen molar-refractivity contribution < 1.29 is 9.18 Å². The molecule has 1 aliphatic carbocycles. The molecular formula is C25H30FN3O2. The number of halogens is 1. The normalized spacial score (nSPS) is 14.4. The molecule has 1 amide bonds. The molecule has 5 nitrogen and oxygen atoms in total. The Balaban J connectivity index is 0.00000132. The van der Waals surface area contributed by atoms with Gasteiger partial charge in [-0.1, -0.05) is 50.6 Å². The average Bonchev–Trinajstić information content (AvgIpc) is 2.72. The second-order valence-electron chi connectivity index (χ2n) is 7.83. The summed E-state index contributed by atoms with van der Waals surface area (Å²) in [6.07, 6.45) is 3.06. The number of carbonyl (C=O) groups is 1. The highest BCUT2D eigenvalue weighted by atomic mass is 19.1. The van der Waals surface area contributed by atoms with Gasteiger partial charge in [0.15, 0.2) is 0 Å². The molecule has 0 unspecified atom stereocenters. The number of aryl methyl sites for hydroxylation is 1. The number of pyridine rings is 1. The van der Waals surface area contributed by atoms with Crippen molar-refractivity contribution in [3.05, 3.63) is 81.0 Å². The predicted molar refractivity (Wildman–Crippen MR) is 123 cm³/mol. The number of nitrogen functional groups attached to an aromatic ring is 1. The zero-order valence-corrected chi connectivity index (χ0v) is 18.5. The first-order valence-electron chi connectivity index (χ1n) is 10.8. The molecule has 0 radical (unpaired) electrons. The number of carbonyl (C=O) groups excluding carboxylic acids is 1. The lowest BCUT2D eigenvalue weighted by atomic mass is 9.77. The number of amides is 1. The van der Waals surface area contributed by atoms with Crippen LogP contribution in [0.5, 0.6) is 0 Å². The van der Waals surface area contributed by atoms with E-state index in [1.807, 2.05) is 39.0 Å². The summed E-state index contributed by atoms with van der Waals surface area (Å²) >= 11 is 0. The van der Waals surface area contributed by atoms with Crippen molar-refractivity contribution >= 4 is 16.7 Å². The molecule has 6 heteroatoms. The lowest BCUT2D eigenvalue weighted by Gasteiger charge is -2.35. The van der Waals surface area contributed by atoms with E-state index in [2.05, 4.69) is 5.32 Å². The molecule has 2 aromatic carbocycles. The fraction of sp³-hybridized carbons (Fsp3) is 0.360. The Morgan fingerprint density at radius 1 is 1.16 bits per heavy atom. The van der Waals surface area contributed by atoms with Gasteiger partial charge in [0.1, 0.15) is 5.82 Å². The number of fused-ring (bicyclic) bond motifs is 1. The Bertz CT molecular complexity index is 1170. The lowest BCUT2D eigenvalue weighted by Crippen LogP contribution is -2.39. The van der Waals surface area contributed by atoms with Crippen LogP contribution in [0.3, 0.4) is 0 Å². The van der Waals surface area contributed by atoms with Gasteiger partial charge in [0, 0.05) is 5.39 Å². The summed E-state index contributed by atoms with van der Waals surface area (Å²) in [7, 11) is 0. The SMILES string of the molecule is CC.Cc1cccc2c(C(=O)N[C@H](c3cccc(F)c3)C3CCC3)c(C)n(N)c(=O)c12. The zero-order chi connectivity index (χ0) is 22.7. The Morgan fingerprint density at radius 3 is 2.45 bits per heavy atom. The number of hydrogen-bond acceptors (Lipinski definition) is 3. The van der Waals surface area contributed by atoms with Gasteiger partial charge in [-0.3, -0.25) is 9.59 Å². The molecule has 1 heterocycles. The van der Waals surface area contributed by atoms with Crippen LogP contribution in [0.25, 0.3) is 10.8 Å². The number of nitrogens with zero attached hydrogens (tertiary/aromatic N) is 1. The highest BCUT2D eigenvalue weighted by Crippen LogP contribution is 2.38. The van der Waals surface area contributed by atoms with E-state index in [9.17, 15) is 14.0 Å². The molecule has 3 aromatic rings. The highest BCUT2D eigenvalue weighted by Gasteiger charge is 2.31. The molecular weight excluding hydrogens is 393 g/mol. The second-order valence-corrected chi connectivity index (χ2v) is 7.83. The van der Waals surface area contributed by atoms with Crippen LogP contribution in [0.2, 0.25) is 0 Å². The van der Waals surface area contributed by atoms with Crippen LogP contribution in [-0.2, 0) is 0 Å². The van der Waals surface area contributed by atoms with Crippen LogP contribution in [0.4, 0.5) is 4.39 Å². The Labute approximate surface area is 182 Å². The van der Waals surface area contributed by atoms with E-state index in [1.165, 1.54) is 12.1 Å². The fourth-order valence-corrected chi connectivity index (χ4v) is 4.19. The van der Waals surface area contributed by atoms with Crippen LogP contribution >= 0.6 is 0 Å². The third kappa shape index (κ3) is 4.20. The van der Waals surface area contributed by atoms with Crippen molar-refractivity contribution in [1.82, 2.24) is 9.99 Å². The Morgan fingerprint density at radius 2 is 1.84 bits per heavy atom. The van der Waals surface area contributed by atoms with Crippen molar-refractivity contribution in [1.29, 1.82) is 0 Å².